The van der Waals surface area contributed by atoms with Crippen molar-refractivity contribution >= 4 is 35.0 Å². The maximum atomic E-state index is 13.7. The third-order valence-electron chi connectivity index (χ3n) is 5.14. The number of rotatable bonds is 7. The van der Waals surface area contributed by atoms with Crippen LogP contribution in [0.1, 0.15) is 19.3 Å². The number of aliphatic hydroxyl groups is 1. The molecule has 1 fully saturated rings. The van der Waals surface area contributed by atoms with Crippen molar-refractivity contribution in [3.05, 3.63) is 59.1 Å². The van der Waals surface area contributed by atoms with E-state index in [0.29, 0.717) is 36.5 Å². The van der Waals surface area contributed by atoms with Crippen molar-refractivity contribution in [3.63, 3.8) is 0 Å². The number of aliphatic hydroxyl groups excluding tert-OH is 1. The molecule has 1 saturated heterocycles. The number of halogens is 3. The van der Waals surface area contributed by atoms with Gasteiger partial charge in [-0.2, -0.15) is 0 Å². The van der Waals surface area contributed by atoms with Gasteiger partial charge in [0.05, 0.1) is 24.4 Å². The van der Waals surface area contributed by atoms with Gasteiger partial charge in [0.1, 0.15) is 17.7 Å². The van der Waals surface area contributed by atoms with Crippen molar-refractivity contribution < 1.29 is 28.2 Å². The predicted molar refractivity (Wildman–Crippen MR) is 120 cm³/mol. The number of urea groups is 2. The van der Waals surface area contributed by atoms with Crippen molar-refractivity contribution in [1.82, 2.24) is 10.6 Å². The Labute approximate surface area is 194 Å². The highest BCUT2D eigenvalue weighted by Gasteiger charge is 2.32. The molecule has 4 amide bonds. The van der Waals surface area contributed by atoms with Gasteiger partial charge in [-0.05, 0) is 55.7 Å². The van der Waals surface area contributed by atoms with Gasteiger partial charge in [-0.1, -0.05) is 11.6 Å². The fourth-order valence-corrected chi connectivity index (χ4v) is 3.61. The lowest BCUT2D eigenvalue weighted by atomic mass is 9.97. The minimum Gasteiger partial charge on any atom is -0.394 e. The second-order valence-electron chi connectivity index (χ2n) is 7.56. The summed E-state index contributed by atoms with van der Waals surface area (Å²) in [5.74, 6) is -1.45. The van der Waals surface area contributed by atoms with Crippen LogP contribution in [-0.4, -0.2) is 48.6 Å². The third-order valence-corrected chi connectivity index (χ3v) is 5.39. The average molecular weight is 483 g/mol. The second-order valence-corrected chi connectivity index (χ2v) is 8.00. The van der Waals surface area contributed by atoms with E-state index in [0.717, 1.165) is 18.2 Å². The van der Waals surface area contributed by atoms with Gasteiger partial charge in [-0.15, -0.1) is 0 Å². The normalized spacial score (nSPS) is 20.1. The lowest BCUT2D eigenvalue weighted by Gasteiger charge is -2.36. The first kappa shape index (κ1) is 24.7. The van der Waals surface area contributed by atoms with Gasteiger partial charge in [0.15, 0.2) is 0 Å². The lowest BCUT2D eigenvalue weighted by molar-refractivity contribution is -0.0885. The maximum absolute atomic E-state index is 13.7. The topological polar surface area (TPSA) is 112 Å². The zero-order chi connectivity index (χ0) is 23.8. The first-order valence-electron chi connectivity index (χ1n) is 10.4. The largest absolute Gasteiger partial charge is 0.394 e. The highest BCUT2D eigenvalue weighted by molar-refractivity contribution is 6.30. The van der Waals surface area contributed by atoms with Crippen LogP contribution in [0.5, 0.6) is 0 Å². The number of amides is 4. The summed E-state index contributed by atoms with van der Waals surface area (Å²) < 4.78 is 32.8. The molecule has 0 unspecified atom stereocenters. The first-order valence-corrected chi connectivity index (χ1v) is 10.8. The molecule has 2 aromatic rings. The van der Waals surface area contributed by atoms with Gasteiger partial charge in [0.25, 0.3) is 0 Å². The van der Waals surface area contributed by atoms with Gasteiger partial charge < -0.3 is 31.1 Å². The molecule has 3 rings (SSSR count). The average Bonchev–Trinajstić information content (AvgIpc) is 2.78. The first-order chi connectivity index (χ1) is 15.8. The molecule has 33 heavy (non-hydrogen) atoms. The summed E-state index contributed by atoms with van der Waals surface area (Å²) in [6, 6.07) is 7.84. The van der Waals surface area contributed by atoms with Gasteiger partial charge in [-0.3, -0.25) is 0 Å². The van der Waals surface area contributed by atoms with E-state index in [9.17, 15) is 23.5 Å². The summed E-state index contributed by atoms with van der Waals surface area (Å²) in [6.45, 7) is 0.0138. The minimum atomic E-state index is -0.766. The minimum absolute atomic E-state index is 0.222. The Kier molecular flexibility index (Phi) is 8.81. The fourth-order valence-electron chi connectivity index (χ4n) is 3.48. The van der Waals surface area contributed by atoms with Gasteiger partial charge in [0, 0.05) is 23.3 Å². The predicted octanol–water partition coefficient (Wildman–Crippen LogP) is 3.86. The summed E-state index contributed by atoms with van der Waals surface area (Å²) in [4.78, 5) is 24.2. The molecule has 1 aliphatic rings. The smallest absolute Gasteiger partial charge is 0.319 e. The standard InChI is InChI=1S/C22H25ClF2N4O4/c23-13-1-4-15(5-2-13)27-21(31)26-10-9-16-6-8-18(20(12-30)33-16)28-22(32)29-19-11-14(24)3-7-17(19)25/h1-5,7,11,16,18,20,30H,6,8-10,12H2,(H2,26,27,31)(H2,28,29,32)/t16-,18+,20-/m1/s1. The number of hydrogen-bond donors (Lipinski definition) is 5. The summed E-state index contributed by atoms with van der Waals surface area (Å²) >= 11 is 5.81. The molecule has 0 saturated carbocycles. The summed E-state index contributed by atoms with van der Waals surface area (Å²) in [5.41, 5.74) is 0.321. The third kappa shape index (κ3) is 7.55. The Hall–Kier alpha value is -2.95. The summed E-state index contributed by atoms with van der Waals surface area (Å²) in [5, 5.41) is 20.5. The fraction of sp³-hybridized carbons (Fsp3) is 0.364. The number of anilines is 2. The zero-order valence-corrected chi connectivity index (χ0v) is 18.4. The molecule has 2 aromatic carbocycles. The van der Waals surface area contributed by atoms with Gasteiger partial charge >= 0.3 is 12.1 Å². The van der Waals surface area contributed by atoms with Crippen molar-refractivity contribution in [2.24, 2.45) is 0 Å². The van der Waals surface area contributed by atoms with E-state index in [1.165, 1.54) is 0 Å². The van der Waals surface area contributed by atoms with Crippen LogP contribution >= 0.6 is 11.6 Å². The molecule has 8 nitrogen and oxygen atoms in total. The number of hydrogen-bond acceptors (Lipinski definition) is 4. The van der Waals surface area contributed by atoms with Crippen LogP contribution in [0.2, 0.25) is 5.02 Å². The highest BCUT2D eigenvalue weighted by atomic mass is 35.5. The molecule has 0 spiro atoms. The van der Waals surface area contributed by atoms with Crippen molar-refractivity contribution in [3.8, 4) is 0 Å². The number of nitrogens with one attached hydrogen (secondary N) is 4. The molecule has 1 aliphatic heterocycles. The molecule has 0 aromatic heterocycles. The van der Waals surface area contributed by atoms with Crippen LogP contribution in [0.4, 0.5) is 29.7 Å². The van der Waals surface area contributed by atoms with E-state index >= 15 is 0 Å². The Bertz CT molecular complexity index is 964. The Morgan fingerprint density at radius 2 is 1.82 bits per heavy atom. The zero-order valence-electron chi connectivity index (χ0n) is 17.6. The van der Waals surface area contributed by atoms with Crippen LogP contribution in [0, 0.1) is 11.6 Å². The lowest BCUT2D eigenvalue weighted by Crippen LogP contribution is -2.52. The van der Waals surface area contributed by atoms with E-state index in [1.54, 1.807) is 24.3 Å². The van der Waals surface area contributed by atoms with Crippen LogP contribution in [0.15, 0.2) is 42.5 Å². The van der Waals surface area contributed by atoms with Crippen LogP contribution in [0.3, 0.4) is 0 Å². The van der Waals surface area contributed by atoms with E-state index in [4.69, 9.17) is 16.3 Å². The van der Waals surface area contributed by atoms with Crippen molar-refractivity contribution in [1.29, 1.82) is 0 Å². The molecule has 0 bridgehead atoms. The van der Waals surface area contributed by atoms with E-state index in [2.05, 4.69) is 21.3 Å². The van der Waals surface area contributed by atoms with Gasteiger partial charge in [0.2, 0.25) is 0 Å². The molecule has 3 atom stereocenters. The summed E-state index contributed by atoms with van der Waals surface area (Å²) in [7, 11) is 0. The van der Waals surface area contributed by atoms with E-state index < -0.39 is 29.8 Å². The molecule has 0 aliphatic carbocycles. The quantitative estimate of drug-likeness (QED) is 0.412. The van der Waals surface area contributed by atoms with Crippen molar-refractivity contribution in [2.75, 3.05) is 23.8 Å². The monoisotopic (exact) mass is 482 g/mol. The molecule has 0 radical (unpaired) electrons. The Morgan fingerprint density at radius 3 is 2.55 bits per heavy atom. The number of ether oxygens (including phenoxy) is 1. The molecule has 1 heterocycles. The van der Waals surface area contributed by atoms with Crippen LogP contribution in [0.25, 0.3) is 0 Å². The highest BCUT2D eigenvalue weighted by Crippen LogP contribution is 2.22. The van der Waals surface area contributed by atoms with Crippen LogP contribution in [-0.2, 0) is 4.74 Å². The molecular weight excluding hydrogens is 458 g/mol. The van der Waals surface area contributed by atoms with E-state index in [1.807, 2.05) is 0 Å². The number of carbonyl (C=O) groups is 2. The SMILES string of the molecule is O=C(NCC[C@H]1CC[C@H](NC(=O)Nc2cc(F)ccc2F)[C@@H](CO)O1)Nc1ccc(Cl)cc1. The number of carbonyl (C=O) groups excluding carboxylic acids is 2. The maximum Gasteiger partial charge on any atom is 0.319 e. The molecule has 5 N–H and O–H groups in total. The molecule has 178 valence electrons. The van der Waals surface area contributed by atoms with Gasteiger partial charge in [-0.25, -0.2) is 18.4 Å². The van der Waals surface area contributed by atoms with Crippen LogP contribution < -0.4 is 21.3 Å². The Balaban J connectivity index is 1.41. The number of benzene rings is 2. The van der Waals surface area contributed by atoms with Crippen molar-refractivity contribution in [2.45, 2.75) is 37.5 Å². The van der Waals surface area contributed by atoms with E-state index in [-0.39, 0.29) is 24.4 Å². The molecule has 11 heteroatoms. The second kappa shape index (κ2) is 11.8. The Morgan fingerprint density at radius 1 is 1.06 bits per heavy atom. The summed E-state index contributed by atoms with van der Waals surface area (Å²) in [6.07, 6.45) is 0.703. The molecular formula is C22H25ClF2N4O4.